The molecule has 4 heteroatoms. The molecule has 0 amide bonds. The van der Waals surface area contributed by atoms with Crippen molar-refractivity contribution in [3.05, 3.63) is 34.7 Å². The van der Waals surface area contributed by atoms with Gasteiger partial charge in [0.2, 0.25) is 0 Å². The zero-order valence-electron chi connectivity index (χ0n) is 8.77. The van der Waals surface area contributed by atoms with Crippen LogP contribution in [0.5, 0.6) is 0 Å². The molecule has 1 aromatic carbocycles. The molecule has 0 bridgehead atoms. The lowest BCUT2D eigenvalue weighted by molar-refractivity contribution is -0.133. The summed E-state index contributed by atoms with van der Waals surface area (Å²) >= 11 is 1.62. The van der Waals surface area contributed by atoms with Crippen LogP contribution >= 0.6 is 11.3 Å². The smallest absolute Gasteiger partial charge is 0.171 e. The van der Waals surface area contributed by atoms with E-state index in [4.69, 9.17) is 0 Å². The number of thiophene rings is 1. The van der Waals surface area contributed by atoms with Crippen molar-refractivity contribution in [1.82, 2.24) is 0 Å². The van der Waals surface area contributed by atoms with Crippen LogP contribution in [0.25, 0.3) is 10.1 Å². The lowest BCUT2D eigenvalue weighted by Crippen LogP contribution is -2.08. The number of halogens is 3. The minimum atomic E-state index is -4.07. The van der Waals surface area contributed by atoms with E-state index in [1.54, 1.807) is 17.4 Å². The molecule has 0 N–H and O–H groups in total. The third-order valence-electron chi connectivity index (χ3n) is 2.40. The van der Waals surface area contributed by atoms with Gasteiger partial charge in [0.15, 0.2) is 0 Å². The van der Waals surface area contributed by atoms with Crippen LogP contribution in [0.1, 0.15) is 16.9 Å². The minimum absolute atomic E-state index is 0.0659. The van der Waals surface area contributed by atoms with Crippen LogP contribution in [0.15, 0.2) is 24.3 Å². The van der Waals surface area contributed by atoms with Crippen molar-refractivity contribution in [1.29, 1.82) is 0 Å². The number of benzene rings is 1. The highest BCUT2D eigenvalue weighted by atomic mass is 32.1. The van der Waals surface area contributed by atoms with Crippen LogP contribution in [-0.2, 0) is 6.42 Å². The third kappa shape index (κ3) is 2.76. The van der Waals surface area contributed by atoms with Crippen molar-refractivity contribution in [2.75, 3.05) is 0 Å². The normalized spacial score (nSPS) is 12.2. The van der Waals surface area contributed by atoms with Crippen LogP contribution in [0.3, 0.4) is 0 Å². The van der Waals surface area contributed by atoms with Gasteiger partial charge in [0.1, 0.15) is 0 Å². The molecule has 1 aromatic heterocycles. The first-order chi connectivity index (χ1) is 7.44. The predicted octanol–water partition coefficient (Wildman–Crippen LogP) is 4.70. The van der Waals surface area contributed by atoms with E-state index in [0.717, 1.165) is 15.6 Å². The summed E-state index contributed by atoms with van der Waals surface area (Å²) in [6.07, 6.45) is -4.75. The van der Waals surface area contributed by atoms with Gasteiger partial charge in [-0.25, -0.2) is 0 Å². The van der Waals surface area contributed by atoms with Gasteiger partial charge in [0, 0.05) is 16.0 Å². The van der Waals surface area contributed by atoms with Gasteiger partial charge in [-0.3, -0.25) is 0 Å². The molecule has 0 fully saturated rings. The molecule has 0 saturated heterocycles. The van der Waals surface area contributed by atoms with Crippen molar-refractivity contribution in [3.63, 3.8) is 0 Å². The quantitative estimate of drug-likeness (QED) is 0.718. The Bertz CT molecular complexity index is 496. The number of fused-ring (bicyclic) bond motifs is 1. The lowest BCUT2D eigenvalue weighted by atomic mass is 10.1. The van der Waals surface area contributed by atoms with Crippen molar-refractivity contribution >= 4 is 21.4 Å². The number of rotatable bonds is 2. The molecule has 0 radical (unpaired) electrons. The van der Waals surface area contributed by atoms with Crippen molar-refractivity contribution in [3.8, 4) is 0 Å². The summed E-state index contributed by atoms with van der Waals surface area (Å²) in [5.41, 5.74) is 0.756. The average molecular weight is 244 g/mol. The van der Waals surface area contributed by atoms with Crippen molar-refractivity contribution < 1.29 is 13.2 Å². The molecule has 0 unspecified atom stereocenters. The summed E-state index contributed by atoms with van der Waals surface area (Å²) < 4.78 is 37.3. The van der Waals surface area contributed by atoms with Crippen LogP contribution in [0.4, 0.5) is 13.2 Å². The van der Waals surface area contributed by atoms with Gasteiger partial charge in [-0.05, 0) is 36.4 Å². The van der Waals surface area contributed by atoms with E-state index < -0.39 is 12.6 Å². The minimum Gasteiger partial charge on any atom is -0.171 e. The van der Waals surface area contributed by atoms with E-state index in [1.807, 2.05) is 25.1 Å². The van der Waals surface area contributed by atoms with Gasteiger partial charge in [-0.15, -0.1) is 11.3 Å². The third-order valence-corrected chi connectivity index (χ3v) is 3.42. The number of hydrogen-bond acceptors (Lipinski definition) is 1. The summed E-state index contributed by atoms with van der Waals surface area (Å²) in [5.74, 6) is 0. The number of aryl methyl sites for hydroxylation is 2. The predicted molar refractivity (Wildman–Crippen MR) is 60.9 cm³/mol. The molecule has 0 saturated carbocycles. The van der Waals surface area contributed by atoms with Crippen LogP contribution in [0, 0.1) is 6.92 Å². The Balaban J connectivity index is 2.19. The number of hydrogen-bond donors (Lipinski definition) is 0. The molecular weight excluding hydrogens is 233 g/mol. The van der Waals surface area contributed by atoms with E-state index in [2.05, 4.69) is 0 Å². The summed E-state index contributed by atoms with van der Waals surface area (Å²) in [4.78, 5) is 1.18. The molecule has 1 heterocycles. The largest absolute Gasteiger partial charge is 0.389 e. The molecule has 16 heavy (non-hydrogen) atoms. The summed E-state index contributed by atoms with van der Waals surface area (Å²) in [5, 5.41) is 1.11. The van der Waals surface area contributed by atoms with E-state index in [-0.39, 0.29) is 6.42 Å². The molecule has 0 aliphatic carbocycles. The molecule has 0 aliphatic rings. The van der Waals surface area contributed by atoms with Crippen LogP contribution < -0.4 is 0 Å². The second-order valence-corrected chi connectivity index (χ2v) is 5.13. The summed E-state index contributed by atoms with van der Waals surface area (Å²) in [6.45, 7) is 2.00. The van der Waals surface area contributed by atoms with E-state index in [1.165, 1.54) is 4.88 Å². The second kappa shape index (κ2) is 4.09. The zero-order valence-corrected chi connectivity index (χ0v) is 9.58. The molecule has 2 aromatic rings. The molecule has 86 valence electrons. The Morgan fingerprint density at radius 1 is 1.19 bits per heavy atom. The number of alkyl halides is 3. The fraction of sp³-hybridized carbons (Fsp3) is 0.333. The van der Waals surface area contributed by atoms with Gasteiger partial charge < -0.3 is 0 Å². The SMILES string of the molecule is Cc1cc2ccc(CCC(F)(F)F)cc2s1. The molecular formula is C12H11F3S. The Morgan fingerprint density at radius 2 is 1.94 bits per heavy atom. The van der Waals surface area contributed by atoms with Gasteiger partial charge in [0.05, 0.1) is 0 Å². The van der Waals surface area contributed by atoms with Gasteiger partial charge in [-0.2, -0.15) is 13.2 Å². The Hall–Kier alpha value is -1.03. The molecule has 0 spiro atoms. The Kier molecular flexibility index (Phi) is 2.93. The van der Waals surface area contributed by atoms with E-state index >= 15 is 0 Å². The highest BCUT2D eigenvalue weighted by molar-refractivity contribution is 7.19. The van der Waals surface area contributed by atoms with Crippen LogP contribution in [0.2, 0.25) is 0 Å². The zero-order chi connectivity index (χ0) is 11.8. The monoisotopic (exact) mass is 244 g/mol. The van der Waals surface area contributed by atoms with Gasteiger partial charge >= 0.3 is 6.18 Å². The molecule has 0 nitrogen and oxygen atoms in total. The van der Waals surface area contributed by atoms with E-state index in [9.17, 15) is 13.2 Å². The maximum Gasteiger partial charge on any atom is 0.389 e. The maximum atomic E-state index is 12.1. The first kappa shape index (κ1) is 11.5. The van der Waals surface area contributed by atoms with Crippen molar-refractivity contribution in [2.24, 2.45) is 0 Å². The van der Waals surface area contributed by atoms with Crippen LogP contribution in [-0.4, -0.2) is 6.18 Å². The fourth-order valence-corrected chi connectivity index (χ4v) is 2.64. The lowest BCUT2D eigenvalue weighted by Gasteiger charge is -2.05. The standard InChI is InChI=1S/C12H11F3S/c1-8-6-10-3-2-9(7-11(10)16-8)4-5-12(13,14)15/h2-3,6-7H,4-5H2,1H3. The Morgan fingerprint density at radius 3 is 2.62 bits per heavy atom. The topological polar surface area (TPSA) is 0 Å². The first-order valence-corrected chi connectivity index (χ1v) is 5.81. The first-order valence-electron chi connectivity index (χ1n) is 5.00. The summed E-state index contributed by atoms with van der Waals surface area (Å²) in [7, 11) is 0. The molecule has 0 aliphatic heterocycles. The highest BCUT2D eigenvalue weighted by Gasteiger charge is 2.26. The van der Waals surface area contributed by atoms with Gasteiger partial charge in [0.25, 0.3) is 0 Å². The molecule has 2 rings (SSSR count). The molecule has 0 atom stereocenters. The fourth-order valence-electron chi connectivity index (χ4n) is 1.65. The summed E-state index contributed by atoms with van der Waals surface area (Å²) in [6, 6.07) is 7.58. The van der Waals surface area contributed by atoms with E-state index in [0.29, 0.717) is 0 Å². The maximum absolute atomic E-state index is 12.1. The van der Waals surface area contributed by atoms with Crippen molar-refractivity contribution in [2.45, 2.75) is 25.9 Å². The Labute approximate surface area is 95.7 Å². The second-order valence-electron chi connectivity index (χ2n) is 3.84. The van der Waals surface area contributed by atoms with Gasteiger partial charge in [-0.1, -0.05) is 12.1 Å². The highest BCUT2D eigenvalue weighted by Crippen LogP contribution is 2.28. The average Bonchev–Trinajstić information content (AvgIpc) is 2.52.